The van der Waals surface area contributed by atoms with E-state index in [2.05, 4.69) is 15.5 Å². The van der Waals surface area contributed by atoms with Gasteiger partial charge in [0.15, 0.2) is 5.17 Å². The SMILES string of the molecule is O=C1CSC(=NN=Cc2ccc(N3CCCC3)c([N+](=O)[O-])c2)N1. The Hall–Kier alpha value is -2.42. The van der Waals surface area contributed by atoms with E-state index >= 15 is 0 Å². The molecule has 3 rings (SSSR count). The molecule has 23 heavy (non-hydrogen) atoms. The largest absolute Gasteiger partial charge is 0.366 e. The molecule has 2 heterocycles. The fraction of sp³-hybridized carbons (Fsp3) is 0.357. The second-order valence-corrected chi connectivity index (χ2v) is 6.15. The van der Waals surface area contributed by atoms with Crippen LogP contribution in [-0.4, -0.2) is 41.1 Å². The van der Waals surface area contributed by atoms with E-state index in [9.17, 15) is 14.9 Å². The number of amides is 1. The maximum Gasteiger partial charge on any atom is 0.293 e. The van der Waals surface area contributed by atoms with Gasteiger partial charge in [0.2, 0.25) is 5.91 Å². The number of thioether (sulfide) groups is 1. The van der Waals surface area contributed by atoms with Crippen molar-refractivity contribution in [2.75, 3.05) is 23.7 Å². The summed E-state index contributed by atoms with van der Waals surface area (Å²) in [5.74, 6) is 0.235. The van der Waals surface area contributed by atoms with E-state index in [0.29, 0.717) is 22.2 Å². The van der Waals surface area contributed by atoms with E-state index in [1.54, 1.807) is 12.1 Å². The van der Waals surface area contributed by atoms with Crippen molar-refractivity contribution in [3.63, 3.8) is 0 Å². The van der Waals surface area contributed by atoms with Gasteiger partial charge in [-0.1, -0.05) is 17.8 Å². The van der Waals surface area contributed by atoms with Gasteiger partial charge in [-0.05, 0) is 18.9 Å². The lowest BCUT2D eigenvalue weighted by Gasteiger charge is -2.17. The van der Waals surface area contributed by atoms with Crippen LogP contribution in [0, 0.1) is 10.1 Å². The Morgan fingerprint density at radius 2 is 2.13 bits per heavy atom. The van der Waals surface area contributed by atoms with Crippen molar-refractivity contribution < 1.29 is 9.72 Å². The quantitative estimate of drug-likeness (QED) is 0.514. The molecule has 120 valence electrons. The Labute approximate surface area is 136 Å². The summed E-state index contributed by atoms with van der Waals surface area (Å²) >= 11 is 1.27. The molecule has 0 radical (unpaired) electrons. The van der Waals surface area contributed by atoms with Gasteiger partial charge in [-0.3, -0.25) is 14.9 Å². The zero-order valence-electron chi connectivity index (χ0n) is 12.3. The van der Waals surface area contributed by atoms with E-state index in [4.69, 9.17) is 0 Å². The van der Waals surface area contributed by atoms with Crippen LogP contribution in [0.15, 0.2) is 28.4 Å². The normalized spacial score (nSPS) is 19.7. The highest BCUT2D eigenvalue weighted by Crippen LogP contribution is 2.31. The van der Waals surface area contributed by atoms with Crippen molar-refractivity contribution in [2.24, 2.45) is 10.2 Å². The highest BCUT2D eigenvalue weighted by molar-refractivity contribution is 8.15. The second-order valence-electron chi connectivity index (χ2n) is 5.19. The molecule has 1 aromatic rings. The number of nitro groups is 1. The average molecular weight is 333 g/mol. The minimum atomic E-state index is -0.371. The number of nitrogens with one attached hydrogen (secondary N) is 1. The van der Waals surface area contributed by atoms with Crippen LogP contribution in [0.1, 0.15) is 18.4 Å². The molecule has 0 aliphatic carbocycles. The molecule has 0 atom stereocenters. The number of carbonyl (C=O) groups excluding carboxylic acids is 1. The zero-order valence-corrected chi connectivity index (χ0v) is 13.1. The Balaban J connectivity index is 1.79. The van der Waals surface area contributed by atoms with Gasteiger partial charge in [0, 0.05) is 24.7 Å². The molecule has 1 N–H and O–H groups in total. The van der Waals surface area contributed by atoms with Crippen LogP contribution in [0.4, 0.5) is 11.4 Å². The van der Waals surface area contributed by atoms with Crippen LogP contribution >= 0.6 is 11.8 Å². The van der Waals surface area contributed by atoms with Gasteiger partial charge < -0.3 is 10.2 Å². The standard InChI is InChI=1S/C14H15N5O3S/c20-13-9-23-14(16-13)17-15-8-10-3-4-11(12(7-10)19(21)22)18-5-1-2-6-18/h3-4,7-8H,1-2,5-6,9H2,(H,16,17,20). The summed E-state index contributed by atoms with van der Waals surface area (Å²) in [5.41, 5.74) is 1.32. The molecule has 1 amide bonds. The third kappa shape index (κ3) is 3.67. The van der Waals surface area contributed by atoms with Crippen molar-refractivity contribution in [2.45, 2.75) is 12.8 Å². The Morgan fingerprint density at radius 1 is 1.35 bits per heavy atom. The second kappa shape index (κ2) is 6.78. The van der Waals surface area contributed by atoms with Gasteiger partial charge in [-0.15, -0.1) is 5.10 Å². The molecule has 0 bridgehead atoms. The highest BCUT2D eigenvalue weighted by atomic mass is 32.2. The number of rotatable bonds is 4. The van der Waals surface area contributed by atoms with E-state index in [1.807, 2.05) is 4.90 Å². The van der Waals surface area contributed by atoms with E-state index in [-0.39, 0.29) is 16.5 Å². The molecule has 9 heteroatoms. The maximum absolute atomic E-state index is 11.3. The minimum Gasteiger partial charge on any atom is -0.366 e. The molecule has 2 fully saturated rings. The molecule has 2 aliphatic rings. The summed E-state index contributed by atoms with van der Waals surface area (Å²) < 4.78 is 0. The lowest BCUT2D eigenvalue weighted by molar-refractivity contribution is -0.384. The molecule has 0 spiro atoms. The minimum absolute atomic E-state index is 0.0760. The zero-order chi connectivity index (χ0) is 16.2. The number of amidine groups is 1. The summed E-state index contributed by atoms with van der Waals surface area (Å²) in [4.78, 5) is 24.0. The number of nitrogens with zero attached hydrogens (tertiary/aromatic N) is 4. The number of anilines is 1. The third-order valence-corrected chi connectivity index (χ3v) is 4.45. The van der Waals surface area contributed by atoms with E-state index in [0.717, 1.165) is 25.9 Å². The fourth-order valence-electron chi connectivity index (χ4n) is 2.52. The summed E-state index contributed by atoms with van der Waals surface area (Å²) in [6, 6.07) is 5.03. The van der Waals surface area contributed by atoms with Crippen molar-refractivity contribution in [1.29, 1.82) is 0 Å². The van der Waals surface area contributed by atoms with Crippen molar-refractivity contribution >= 4 is 40.4 Å². The molecule has 0 unspecified atom stereocenters. The topological polar surface area (TPSA) is 100 Å². The van der Waals surface area contributed by atoms with Crippen LogP contribution in [-0.2, 0) is 4.79 Å². The predicted molar refractivity (Wildman–Crippen MR) is 90.2 cm³/mol. The van der Waals surface area contributed by atoms with Gasteiger partial charge in [-0.2, -0.15) is 5.10 Å². The molecule has 0 saturated carbocycles. The summed E-state index contributed by atoms with van der Waals surface area (Å²) in [6.45, 7) is 1.69. The highest BCUT2D eigenvalue weighted by Gasteiger charge is 2.22. The lowest BCUT2D eigenvalue weighted by Crippen LogP contribution is -2.19. The van der Waals surface area contributed by atoms with Gasteiger partial charge in [0.25, 0.3) is 5.69 Å². The number of carbonyl (C=O) groups is 1. The molecule has 1 aromatic carbocycles. The van der Waals surface area contributed by atoms with Gasteiger partial charge >= 0.3 is 0 Å². The molecular formula is C14H15N5O3S. The first kappa shape index (κ1) is 15.5. The summed E-state index contributed by atoms with van der Waals surface area (Å²) in [6.07, 6.45) is 3.56. The van der Waals surface area contributed by atoms with Crippen molar-refractivity contribution in [3.05, 3.63) is 33.9 Å². The number of benzene rings is 1. The Bertz CT molecular complexity index is 698. The van der Waals surface area contributed by atoms with Crippen LogP contribution in [0.25, 0.3) is 0 Å². The van der Waals surface area contributed by atoms with Crippen LogP contribution in [0.3, 0.4) is 0 Å². The summed E-state index contributed by atoms with van der Waals surface area (Å²) in [7, 11) is 0. The first-order valence-corrected chi connectivity index (χ1v) is 8.19. The van der Waals surface area contributed by atoms with Gasteiger partial charge in [-0.25, -0.2) is 0 Å². The van der Waals surface area contributed by atoms with Crippen LogP contribution in [0.2, 0.25) is 0 Å². The fourth-order valence-corrected chi connectivity index (χ4v) is 3.15. The average Bonchev–Trinajstić information content (AvgIpc) is 3.19. The predicted octanol–water partition coefficient (Wildman–Crippen LogP) is 1.75. The maximum atomic E-state index is 11.3. The lowest BCUT2D eigenvalue weighted by atomic mass is 10.1. The van der Waals surface area contributed by atoms with Gasteiger partial charge in [0.1, 0.15) is 5.69 Å². The van der Waals surface area contributed by atoms with Crippen molar-refractivity contribution in [1.82, 2.24) is 5.32 Å². The smallest absolute Gasteiger partial charge is 0.293 e. The Morgan fingerprint density at radius 3 is 2.78 bits per heavy atom. The van der Waals surface area contributed by atoms with Crippen LogP contribution in [0.5, 0.6) is 0 Å². The molecule has 0 aromatic heterocycles. The summed E-state index contributed by atoms with van der Waals surface area (Å²) in [5, 5.41) is 22.1. The number of nitro benzene ring substituents is 1. The van der Waals surface area contributed by atoms with E-state index < -0.39 is 0 Å². The molecular weight excluding hydrogens is 318 g/mol. The monoisotopic (exact) mass is 333 g/mol. The van der Waals surface area contributed by atoms with Crippen LogP contribution < -0.4 is 10.2 Å². The first-order valence-electron chi connectivity index (χ1n) is 7.20. The molecule has 8 nitrogen and oxygen atoms in total. The first-order chi connectivity index (χ1) is 11.1. The van der Waals surface area contributed by atoms with E-state index in [1.165, 1.54) is 24.0 Å². The third-order valence-electron chi connectivity index (χ3n) is 3.58. The molecule has 2 saturated heterocycles. The van der Waals surface area contributed by atoms with Gasteiger partial charge in [0.05, 0.1) is 16.9 Å². The molecule has 2 aliphatic heterocycles. The van der Waals surface area contributed by atoms with Crippen molar-refractivity contribution in [3.8, 4) is 0 Å². The Kier molecular flexibility index (Phi) is 4.56. The number of hydrogen-bond donors (Lipinski definition) is 1. The number of hydrogen-bond acceptors (Lipinski definition) is 7.